The van der Waals surface area contributed by atoms with Crippen molar-refractivity contribution in [3.8, 4) is 10.6 Å². The highest BCUT2D eigenvalue weighted by molar-refractivity contribution is 7.21. The number of hydrogen-bond acceptors (Lipinski definition) is 3. The number of nitrogens with zero attached hydrogens (tertiary/aromatic N) is 3. The lowest BCUT2D eigenvalue weighted by Crippen LogP contribution is -2.26. The largest absolute Gasteiger partial charge is 0.371 e. The van der Waals surface area contributed by atoms with Crippen LogP contribution in [-0.2, 0) is 5.41 Å². The van der Waals surface area contributed by atoms with Crippen molar-refractivity contribution in [1.82, 2.24) is 9.56 Å². The van der Waals surface area contributed by atoms with Crippen molar-refractivity contribution >= 4 is 27.2 Å². The third-order valence-electron chi connectivity index (χ3n) is 6.21. The summed E-state index contributed by atoms with van der Waals surface area (Å²) in [5.41, 5.74) is 5.13. The molecular weight excluding hydrogens is 362 g/mol. The van der Waals surface area contributed by atoms with E-state index in [9.17, 15) is 0 Å². The van der Waals surface area contributed by atoms with Crippen LogP contribution < -0.4 is 14.8 Å². The normalized spacial score (nSPS) is 18.0. The second-order valence-corrected chi connectivity index (χ2v) is 10.4. The van der Waals surface area contributed by atoms with Crippen LogP contribution in [0.5, 0.6) is 0 Å². The number of anilines is 1. The van der Waals surface area contributed by atoms with E-state index in [1.165, 1.54) is 83.6 Å². The Kier molecular flexibility index (Phi) is 4.42. The van der Waals surface area contributed by atoms with Gasteiger partial charge in [0, 0.05) is 43.8 Å². The van der Waals surface area contributed by atoms with Crippen molar-refractivity contribution in [2.75, 3.05) is 31.1 Å². The minimum atomic E-state index is 0.0802. The van der Waals surface area contributed by atoms with Gasteiger partial charge in [-0.2, -0.15) is 0 Å². The SMILES string of the molecule is CC(C)(C)c1cc(N2CCCC2)cc2sc3cc(=[N+]4CCCC4)ccc-3nc12. The van der Waals surface area contributed by atoms with Gasteiger partial charge in [0.25, 0.3) is 0 Å². The summed E-state index contributed by atoms with van der Waals surface area (Å²) >= 11 is 1.91. The predicted molar refractivity (Wildman–Crippen MR) is 121 cm³/mol. The highest BCUT2D eigenvalue weighted by Gasteiger charge is 2.23. The number of fused-ring (bicyclic) bond motifs is 2. The van der Waals surface area contributed by atoms with Gasteiger partial charge in [-0.15, -0.1) is 11.3 Å². The number of aromatic nitrogens is 1. The molecular formula is C24H30N3S+. The van der Waals surface area contributed by atoms with Gasteiger partial charge in [0.1, 0.15) is 13.1 Å². The van der Waals surface area contributed by atoms with Crippen molar-refractivity contribution in [1.29, 1.82) is 0 Å². The van der Waals surface area contributed by atoms with Crippen LogP contribution >= 0.6 is 11.3 Å². The summed E-state index contributed by atoms with van der Waals surface area (Å²) in [6.45, 7) is 11.7. The Labute approximate surface area is 171 Å². The molecule has 0 aromatic heterocycles. The van der Waals surface area contributed by atoms with Gasteiger partial charge in [-0.05, 0) is 42.0 Å². The van der Waals surface area contributed by atoms with E-state index in [-0.39, 0.29) is 5.41 Å². The molecule has 0 unspecified atom stereocenters. The van der Waals surface area contributed by atoms with Gasteiger partial charge < -0.3 is 4.90 Å². The van der Waals surface area contributed by atoms with Gasteiger partial charge in [-0.25, -0.2) is 9.56 Å². The van der Waals surface area contributed by atoms with Gasteiger partial charge in [0.05, 0.1) is 20.8 Å². The fourth-order valence-corrected chi connectivity index (χ4v) is 5.67. The van der Waals surface area contributed by atoms with Crippen molar-refractivity contribution in [2.45, 2.75) is 51.9 Å². The summed E-state index contributed by atoms with van der Waals surface area (Å²) in [5.74, 6) is 0. The zero-order valence-electron chi connectivity index (χ0n) is 17.3. The average molecular weight is 393 g/mol. The van der Waals surface area contributed by atoms with E-state index >= 15 is 0 Å². The van der Waals surface area contributed by atoms with Crippen molar-refractivity contribution in [2.24, 2.45) is 0 Å². The Hall–Kier alpha value is -1.94. The molecule has 3 heterocycles. The van der Waals surface area contributed by atoms with E-state index in [4.69, 9.17) is 4.98 Å². The molecule has 1 aliphatic carbocycles. The van der Waals surface area contributed by atoms with E-state index in [1.54, 1.807) is 0 Å². The second-order valence-electron chi connectivity index (χ2n) is 9.34. The second kappa shape index (κ2) is 6.84. The van der Waals surface area contributed by atoms with Crippen LogP contribution in [0.25, 0.3) is 20.8 Å². The molecule has 2 fully saturated rings. The lowest BCUT2D eigenvalue weighted by molar-refractivity contribution is 0.594. The molecule has 28 heavy (non-hydrogen) atoms. The first-order valence-corrected chi connectivity index (χ1v) is 11.5. The summed E-state index contributed by atoms with van der Waals surface area (Å²) in [4.78, 5) is 9.00. The van der Waals surface area contributed by atoms with Crippen LogP contribution in [0.4, 0.5) is 5.69 Å². The third kappa shape index (κ3) is 3.22. The topological polar surface area (TPSA) is 19.1 Å². The maximum atomic E-state index is 5.15. The molecule has 0 saturated carbocycles. The molecule has 0 amide bonds. The van der Waals surface area contributed by atoms with E-state index in [0.29, 0.717) is 0 Å². The number of hydrogen-bond donors (Lipinski definition) is 0. The zero-order valence-corrected chi connectivity index (χ0v) is 18.1. The van der Waals surface area contributed by atoms with Crippen LogP contribution in [-0.4, -0.2) is 31.2 Å². The van der Waals surface area contributed by atoms with Crippen molar-refractivity contribution < 1.29 is 0 Å². The summed E-state index contributed by atoms with van der Waals surface area (Å²) in [6.07, 6.45) is 5.24. The fourth-order valence-electron chi connectivity index (χ4n) is 4.60. The minimum absolute atomic E-state index is 0.0802. The highest BCUT2D eigenvalue weighted by Crippen LogP contribution is 2.39. The fraction of sp³-hybridized carbons (Fsp3) is 0.500. The van der Waals surface area contributed by atoms with Crippen LogP contribution in [0.1, 0.15) is 52.0 Å². The first-order chi connectivity index (χ1) is 13.5. The first-order valence-electron chi connectivity index (χ1n) is 10.7. The standard InChI is InChI=1S/C24H30N3S/c1-24(2,3)19-14-18(27-12-6-7-13-27)16-22-23(19)25-20-9-8-17(15-21(20)28-22)26-10-4-5-11-26/h8-9,14-16H,4-7,10-13H2,1-3H3/q+1. The first kappa shape index (κ1) is 18.1. The minimum Gasteiger partial charge on any atom is -0.371 e. The Balaban J connectivity index is 1.75. The predicted octanol–water partition coefficient (Wildman–Crippen LogP) is 4.86. The smallest absolute Gasteiger partial charge is 0.201 e. The number of rotatable bonds is 1. The molecule has 1 aromatic rings. The molecule has 4 heteroatoms. The maximum absolute atomic E-state index is 5.15. The van der Waals surface area contributed by atoms with E-state index < -0.39 is 0 Å². The third-order valence-corrected chi connectivity index (χ3v) is 7.28. The molecule has 2 saturated heterocycles. The maximum Gasteiger partial charge on any atom is 0.201 e. The average Bonchev–Trinajstić information content (AvgIpc) is 3.38. The van der Waals surface area contributed by atoms with Crippen LogP contribution in [0, 0.1) is 0 Å². The monoisotopic (exact) mass is 392 g/mol. The Morgan fingerprint density at radius 1 is 0.964 bits per heavy atom. The number of benzene rings is 2. The Morgan fingerprint density at radius 3 is 2.43 bits per heavy atom. The molecule has 0 atom stereocenters. The zero-order chi connectivity index (χ0) is 19.3. The van der Waals surface area contributed by atoms with Crippen molar-refractivity contribution in [3.05, 3.63) is 41.3 Å². The lowest BCUT2D eigenvalue weighted by Gasteiger charge is -2.25. The summed E-state index contributed by atoms with van der Waals surface area (Å²) in [5, 5.41) is 1.36. The van der Waals surface area contributed by atoms with E-state index in [1.807, 2.05) is 11.3 Å². The van der Waals surface area contributed by atoms with Crippen LogP contribution in [0.2, 0.25) is 0 Å². The van der Waals surface area contributed by atoms with Gasteiger partial charge in [0.2, 0.25) is 5.36 Å². The molecule has 3 aliphatic heterocycles. The van der Waals surface area contributed by atoms with Crippen LogP contribution in [0.3, 0.4) is 0 Å². The van der Waals surface area contributed by atoms with E-state index in [0.717, 1.165) is 5.69 Å². The lowest BCUT2D eigenvalue weighted by atomic mass is 9.86. The quantitative estimate of drug-likeness (QED) is 0.435. The molecule has 0 bridgehead atoms. The molecule has 0 spiro atoms. The van der Waals surface area contributed by atoms with Gasteiger partial charge in [0.15, 0.2) is 0 Å². The molecule has 0 N–H and O–H groups in total. The Bertz CT molecular complexity index is 1060. The van der Waals surface area contributed by atoms with Gasteiger partial charge in [-0.1, -0.05) is 20.8 Å². The molecule has 3 nitrogen and oxygen atoms in total. The molecule has 0 radical (unpaired) electrons. The summed E-state index contributed by atoms with van der Waals surface area (Å²) in [6, 6.07) is 11.6. The molecule has 146 valence electrons. The molecule has 4 aliphatic rings. The molecule has 5 rings (SSSR count). The van der Waals surface area contributed by atoms with Crippen molar-refractivity contribution in [3.63, 3.8) is 0 Å². The van der Waals surface area contributed by atoms with Crippen LogP contribution in [0.15, 0.2) is 30.3 Å². The molecule has 1 aromatic carbocycles. The summed E-state index contributed by atoms with van der Waals surface area (Å²) in [7, 11) is 0. The Morgan fingerprint density at radius 2 is 1.71 bits per heavy atom. The van der Waals surface area contributed by atoms with Gasteiger partial charge in [-0.3, -0.25) is 0 Å². The summed E-state index contributed by atoms with van der Waals surface area (Å²) < 4.78 is 3.83. The highest BCUT2D eigenvalue weighted by atomic mass is 32.1. The van der Waals surface area contributed by atoms with E-state index in [2.05, 4.69) is 60.6 Å². The van der Waals surface area contributed by atoms with Gasteiger partial charge >= 0.3 is 0 Å².